The van der Waals surface area contributed by atoms with E-state index >= 15 is 0 Å². The number of hydrogen-bond donors (Lipinski definition) is 3. The Balaban J connectivity index is 1.94. The molecule has 0 aliphatic carbocycles. The fourth-order valence-corrected chi connectivity index (χ4v) is 8.44. The van der Waals surface area contributed by atoms with E-state index < -0.39 is 40.4 Å². The summed E-state index contributed by atoms with van der Waals surface area (Å²) in [6, 6.07) is 14.8. The Kier molecular flexibility index (Phi) is 9.69. The van der Waals surface area contributed by atoms with Gasteiger partial charge in [0.05, 0.1) is 24.3 Å². The predicted octanol–water partition coefficient (Wildman–Crippen LogP) is 5.06. The Hall–Kier alpha value is -3.05. The van der Waals surface area contributed by atoms with E-state index in [-0.39, 0.29) is 36.4 Å². The zero-order valence-corrected chi connectivity index (χ0v) is 24.5. The van der Waals surface area contributed by atoms with Crippen LogP contribution in [0.5, 0.6) is 0 Å². The van der Waals surface area contributed by atoms with Crippen LogP contribution in [-0.4, -0.2) is 62.9 Å². The van der Waals surface area contributed by atoms with Crippen LogP contribution in [0.1, 0.15) is 58.6 Å². The third kappa shape index (κ3) is 6.56. The average Bonchev–Trinajstić information content (AvgIpc) is 3.44. The number of carbonyl (C=O) groups is 1. The molecule has 2 unspecified atom stereocenters. The van der Waals surface area contributed by atoms with E-state index in [0.29, 0.717) is 34.5 Å². The predicted molar refractivity (Wildman–Crippen MR) is 155 cm³/mol. The molecule has 0 radical (unpaired) electrons. The number of aliphatic carboxylic acids is 1. The molecule has 0 spiro atoms. The molecule has 0 bridgehead atoms. The van der Waals surface area contributed by atoms with E-state index in [0.717, 1.165) is 12.8 Å². The van der Waals surface area contributed by atoms with Crippen LogP contribution in [0.15, 0.2) is 59.5 Å². The summed E-state index contributed by atoms with van der Waals surface area (Å²) in [5, 5.41) is 29.7. The first-order chi connectivity index (χ1) is 19.4. The smallest absolute Gasteiger partial charge is 0.305 e. The molecule has 1 aliphatic rings. The molecule has 41 heavy (non-hydrogen) atoms. The van der Waals surface area contributed by atoms with Gasteiger partial charge in [0.15, 0.2) is 0 Å². The van der Waals surface area contributed by atoms with Crippen LogP contribution < -0.4 is 0 Å². The number of nitrogens with zero attached hydrogens (tertiary/aromatic N) is 2. The molecule has 8 nitrogen and oxygen atoms in total. The van der Waals surface area contributed by atoms with Gasteiger partial charge in [-0.05, 0) is 81.3 Å². The second-order valence-corrected chi connectivity index (χ2v) is 12.7. The molecule has 2 aromatic carbocycles. The molecule has 3 aromatic rings. The van der Waals surface area contributed by atoms with Gasteiger partial charge in [0, 0.05) is 29.9 Å². The van der Waals surface area contributed by atoms with Crippen molar-refractivity contribution in [1.29, 1.82) is 0 Å². The van der Waals surface area contributed by atoms with E-state index in [4.69, 9.17) is 5.11 Å². The second-order valence-electron chi connectivity index (χ2n) is 10.9. The van der Waals surface area contributed by atoms with Gasteiger partial charge in [-0.2, -0.15) is 4.31 Å². The van der Waals surface area contributed by atoms with Gasteiger partial charge in [-0.25, -0.2) is 12.8 Å². The number of benzene rings is 2. The Labute approximate surface area is 241 Å². The molecule has 1 aromatic heterocycles. The SMILES string of the molecule is CCc1c(S(=O)(=O)N2C(C)CCC2C)c(-c2ccccc2)c(-c2ccc(F)cc2)n1CC[C@@H](O)C[C@@H](O)CC(=O)O. The highest BCUT2D eigenvalue weighted by atomic mass is 32.2. The van der Waals surface area contributed by atoms with Crippen LogP contribution in [0.25, 0.3) is 22.4 Å². The molecule has 2 heterocycles. The minimum atomic E-state index is -3.98. The summed E-state index contributed by atoms with van der Waals surface area (Å²) in [4.78, 5) is 11.2. The van der Waals surface area contributed by atoms with Gasteiger partial charge in [-0.1, -0.05) is 37.3 Å². The molecule has 0 saturated carbocycles. The highest BCUT2D eigenvalue weighted by molar-refractivity contribution is 7.89. The number of hydrogen-bond acceptors (Lipinski definition) is 5. The Bertz CT molecular complexity index is 1450. The Morgan fingerprint density at radius 2 is 1.59 bits per heavy atom. The van der Waals surface area contributed by atoms with Gasteiger partial charge in [0.2, 0.25) is 10.0 Å². The van der Waals surface area contributed by atoms with Crippen molar-refractivity contribution in [3.05, 3.63) is 66.1 Å². The van der Waals surface area contributed by atoms with Crippen molar-refractivity contribution in [3.63, 3.8) is 0 Å². The zero-order chi connectivity index (χ0) is 29.9. The topological polar surface area (TPSA) is 120 Å². The number of aliphatic hydroxyl groups is 2. The quantitative estimate of drug-likeness (QED) is 0.273. The Morgan fingerprint density at radius 1 is 0.976 bits per heavy atom. The summed E-state index contributed by atoms with van der Waals surface area (Å²) in [6.45, 7) is 5.94. The summed E-state index contributed by atoms with van der Waals surface area (Å²) >= 11 is 0. The third-order valence-corrected chi connectivity index (χ3v) is 10.1. The Morgan fingerprint density at radius 3 is 2.15 bits per heavy atom. The minimum absolute atomic E-state index is 0.125. The van der Waals surface area contributed by atoms with Gasteiger partial charge < -0.3 is 19.9 Å². The molecule has 1 saturated heterocycles. The number of aromatic nitrogens is 1. The molecule has 1 aliphatic heterocycles. The lowest BCUT2D eigenvalue weighted by Crippen LogP contribution is -2.39. The fourth-order valence-electron chi connectivity index (χ4n) is 6.05. The van der Waals surface area contributed by atoms with Gasteiger partial charge >= 0.3 is 5.97 Å². The molecule has 222 valence electrons. The summed E-state index contributed by atoms with van der Waals surface area (Å²) < 4.78 is 46.7. The number of rotatable bonds is 12. The van der Waals surface area contributed by atoms with Crippen LogP contribution in [0, 0.1) is 5.82 Å². The fraction of sp³-hybridized carbons (Fsp3) is 0.452. The number of carboxylic acid groups (broad SMARTS) is 1. The maximum Gasteiger partial charge on any atom is 0.305 e. The number of aliphatic hydroxyl groups excluding tert-OH is 2. The van der Waals surface area contributed by atoms with Crippen molar-refractivity contribution in [2.75, 3.05) is 0 Å². The van der Waals surface area contributed by atoms with Crippen LogP contribution in [0.3, 0.4) is 0 Å². The van der Waals surface area contributed by atoms with E-state index in [1.54, 1.807) is 16.4 Å². The monoisotopic (exact) mass is 586 g/mol. The molecule has 3 N–H and O–H groups in total. The van der Waals surface area contributed by atoms with Crippen LogP contribution in [0.2, 0.25) is 0 Å². The maximum absolute atomic E-state index is 14.6. The van der Waals surface area contributed by atoms with Crippen molar-refractivity contribution in [2.45, 2.75) is 95.0 Å². The van der Waals surface area contributed by atoms with E-state index in [1.165, 1.54) is 12.1 Å². The number of halogens is 1. The van der Waals surface area contributed by atoms with Crippen LogP contribution >= 0.6 is 0 Å². The van der Waals surface area contributed by atoms with Crippen LogP contribution in [-0.2, 0) is 27.8 Å². The van der Waals surface area contributed by atoms with Gasteiger partial charge in [0.1, 0.15) is 10.7 Å². The first kappa shape index (κ1) is 30.9. The van der Waals surface area contributed by atoms with Crippen molar-refractivity contribution in [2.24, 2.45) is 0 Å². The van der Waals surface area contributed by atoms with Crippen molar-refractivity contribution in [1.82, 2.24) is 8.87 Å². The first-order valence-corrected chi connectivity index (χ1v) is 15.6. The summed E-state index contributed by atoms with van der Waals surface area (Å²) in [7, 11) is -3.98. The van der Waals surface area contributed by atoms with Gasteiger partial charge in [-0.15, -0.1) is 0 Å². The summed E-state index contributed by atoms with van der Waals surface area (Å²) in [5.74, 6) is -1.58. The van der Waals surface area contributed by atoms with E-state index in [9.17, 15) is 27.8 Å². The number of carboxylic acids is 1. The molecular weight excluding hydrogens is 547 g/mol. The molecule has 4 rings (SSSR count). The maximum atomic E-state index is 14.6. The van der Waals surface area contributed by atoms with Crippen molar-refractivity contribution in [3.8, 4) is 22.4 Å². The summed E-state index contributed by atoms with van der Waals surface area (Å²) in [6.07, 6.45) is -0.771. The lowest BCUT2D eigenvalue weighted by atomic mass is 10.0. The molecule has 4 atom stereocenters. The first-order valence-electron chi connectivity index (χ1n) is 14.1. The highest BCUT2D eigenvalue weighted by Crippen LogP contribution is 2.45. The lowest BCUT2D eigenvalue weighted by molar-refractivity contribution is -0.139. The van der Waals surface area contributed by atoms with Crippen LogP contribution in [0.4, 0.5) is 4.39 Å². The third-order valence-electron chi connectivity index (χ3n) is 7.88. The standard InChI is InChI=1S/C31H39FN2O6S/c1-4-27-31(41(39,40)34-20(2)10-11-21(34)3)29(22-8-6-5-7-9-22)30(23-12-14-24(32)15-13-23)33(27)17-16-25(35)18-26(36)19-28(37)38/h5-9,12-15,20-21,25-26,35-36H,4,10-11,16-19H2,1-3H3,(H,37,38)/t20?,21?,25-,26-/m1/s1. The molecule has 1 fully saturated rings. The molecule has 10 heteroatoms. The lowest BCUT2D eigenvalue weighted by Gasteiger charge is -2.26. The summed E-state index contributed by atoms with van der Waals surface area (Å²) in [5.41, 5.74) is 3.04. The van der Waals surface area contributed by atoms with Crippen molar-refractivity contribution >= 4 is 16.0 Å². The normalized spacial score (nSPS) is 19.4. The van der Waals surface area contributed by atoms with Crippen molar-refractivity contribution < 1.29 is 32.9 Å². The zero-order valence-electron chi connectivity index (χ0n) is 23.7. The minimum Gasteiger partial charge on any atom is -0.481 e. The number of sulfonamides is 1. The molecule has 0 amide bonds. The molecular formula is C31H39FN2O6S. The van der Waals surface area contributed by atoms with Gasteiger partial charge in [-0.3, -0.25) is 4.79 Å². The second kappa shape index (κ2) is 12.9. The average molecular weight is 587 g/mol. The highest BCUT2D eigenvalue weighted by Gasteiger charge is 2.42. The largest absolute Gasteiger partial charge is 0.481 e. The van der Waals surface area contributed by atoms with E-state index in [2.05, 4.69) is 0 Å². The van der Waals surface area contributed by atoms with Gasteiger partial charge in [0.25, 0.3) is 0 Å². The van der Waals surface area contributed by atoms with E-state index in [1.807, 2.05) is 55.7 Å².